The number of ether oxygens (including phenoxy) is 1. The fourth-order valence-corrected chi connectivity index (χ4v) is 2.03. The lowest BCUT2D eigenvalue weighted by atomic mass is 10.1. The molecule has 4 heteroatoms. The first-order valence-corrected chi connectivity index (χ1v) is 6.55. The van der Waals surface area contributed by atoms with Gasteiger partial charge in [-0.15, -0.1) is 0 Å². The third kappa shape index (κ3) is 3.26. The van der Waals surface area contributed by atoms with Gasteiger partial charge in [-0.3, -0.25) is 0 Å². The number of anilines is 1. The molecule has 0 radical (unpaired) electrons. The Hall–Kier alpha value is -2.10. The van der Waals surface area contributed by atoms with Gasteiger partial charge in [0.25, 0.3) is 0 Å². The maximum Gasteiger partial charge on any atom is 0.142 e. The van der Waals surface area contributed by atoms with Gasteiger partial charge in [0, 0.05) is 11.6 Å². The highest BCUT2D eigenvalue weighted by Gasteiger charge is 2.13. The van der Waals surface area contributed by atoms with Crippen LogP contribution in [0.15, 0.2) is 42.5 Å². The zero-order valence-corrected chi connectivity index (χ0v) is 11.5. The molecule has 2 aromatic carbocycles. The zero-order valence-electron chi connectivity index (χ0n) is 11.5. The lowest BCUT2D eigenvalue weighted by Crippen LogP contribution is -2.10. The van der Waals surface area contributed by atoms with E-state index >= 15 is 0 Å². The van der Waals surface area contributed by atoms with Gasteiger partial charge in [-0.2, -0.15) is 0 Å². The van der Waals surface area contributed by atoms with Crippen LogP contribution in [0, 0.1) is 11.6 Å². The Morgan fingerprint density at radius 2 is 1.90 bits per heavy atom. The van der Waals surface area contributed by atoms with Gasteiger partial charge in [-0.25, -0.2) is 8.78 Å². The monoisotopic (exact) mass is 277 g/mol. The predicted molar refractivity (Wildman–Crippen MR) is 76.0 cm³/mol. The number of rotatable bonds is 5. The molecule has 2 nitrogen and oxygen atoms in total. The molecule has 2 aromatic rings. The molecule has 0 fully saturated rings. The predicted octanol–water partition coefficient (Wildman–Crippen LogP) is 4.54. The van der Waals surface area contributed by atoms with Crippen molar-refractivity contribution in [3.05, 3.63) is 59.7 Å². The molecule has 0 amide bonds. The van der Waals surface area contributed by atoms with Gasteiger partial charge in [0.05, 0.1) is 18.3 Å². The minimum atomic E-state index is -0.576. The van der Waals surface area contributed by atoms with Crippen molar-refractivity contribution in [1.29, 1.82) is 0 Å². The summed E-state index contributed by atoms with van der Waals surface area (Å²) in [5.74, 6) is -0.420. The largest absolute Gasteiger partial charge is 0.492 e. The Balaban J connectivity index is 2.21. The second-order valence-electron chi connectivity index (χ2n) is 4.46. The standard InChI is InChI=1S/C16H17F2NO/c1-3-20-16-7-5-4-6-15(16)19-11(2)13-9-8-12(17)10-14(13)18/h4-11,19H,3H2,1-2H3. The normalized spacial score (nSPS) is 12.0. The molecule has 1 unspecified atom stereocenters. The number of nitrogens with one attached hydrogen (secondary N) is 1. The van der Waals surface area contributed by atoms with Gasteiger partial charge in [0.1, 0.15) is 17.4 Å². The quantitative estimate of drug-likeness (QED) is 0.866. The second-order valence-corrected chi connectivity index (χ2v) is 4.46. The molecule has 0 heterocycles. The first-order chi connectivity index (χ1) is 9.61. The van der Waals surface area contributed by atoms with Gasteiger partial charge < -0.3 is 10.1 Å². The van der Waals surface area contributed by atoms with Crippen LogP contribution in [0.25, 0.3) is 0 Å². The van der Waals surface area contributed by atoms with E-state index in [1.807, 2.05) is 38.1 Å². The van der Waals surface area contributed by atoms with Crippen LogP contribution in [0.1, 0.15) is 25.5 Å². The number of hydrogen-bond acceptors (Lipinski definition) is 2. The molecule has 1 N–H and O–H groups in total. The molecule has 2 rings (SSSR count). The number of hydrogen-bond donors (Lipinski definition) is 1. The first kappa shape index (κ1) is 14.3. The van der Waals surface area contributed by atoms with Crippen molar-refractivity contribution in [1.82, 2.24) is 0 Å². The minimum absolute atomic E-state index is 0.294. The van der Waals surface area contributed by atoms with Crippen molar-refractivity contribution < 1.29 is 13.5 Å². The summed E-state index contributed by atoms with van der Waals surface area (Å²) in [6, 6.07) is 10.8. The van der Waals surface area contributed by atoms with Crippen molar-refractivity contribution in [2.24, 2.45) is 0 Å². The summed E-state index contributed by atoms with van der Waals surface area (Å²) in [7, 11) is 0. The summed E-state index contributed by atoms with van der Waals surface area (Å²) < 4.78 is 32.2. The van der Waals surface area contributed by atoms with E-state index in [1.165, 1.54) is 12.1 Å². The average Bonchev–Trinajstić information content (AvgIpc) is 2.41. The maximum atomic E-state index is 13.7. The van der Waals surface area contributed by atoms with Crippen LogP contribution < -0.4 is 10.1 Å². The number of halogens is 2. The molecule has 106 valence electrons. The zero-order chi connectivity index (χ0) is 14.5. The summed E-state index contributed by atoms with van der Waals surface area (Å²) in [6.45, 7) is 4.27. The molecule has 0 aromatic heterocycles. The molecule has 0 saturated heterocycles. The highest BCUT2D eigenvalue weighted by atomic mass is 19.1. The van der Waals surface area contributed by atoms with Crippen molar-refractivity contribution >= 4 is 5.69 Å². The van der Waals surface area contributed by atoms with Gasteiger partial charge in [0.15, 0.2) is 0 Å². The van der Waals surface area contributed by atoms with Gasteiger partial charge >= 0.3 is 0 Å². The molecule has 20 heavy (non-hydrogen) atoms. The van der Waals surface area contributed by atoms with Gasteiger partial charge in [-0.1, -0.05) is 18.2 Å². The Morgan fingerprint density at radius 1 is 1.15 bits per heavy atom. The van der Waals surface area contributed by atoms with E-state index in [0.29, 0.717) is 17.9 Å². The molecule has 1 atom stereocenters. The summed E-state index contributed by atoms with van der Waals surface area (Å²) in [4.78, 5) is 0. The van der Waals surface area contributed by atoms with E-state index in [2.05, 4.69) is 5.32 Å². The van der Waals surface area contributed by atoms with Crippen LogP contribution in [-0.2, 0) is 0 Å². The molecular weight excluding hydrogens is 260 g/mol. The Kier molecular flexibility index (Phi) is 4.56. The summed E-state index contributed by atoms with van der Waals surface area (Å²) >= 11 is 0. The van der Waals surface area contributed by atoms with E-state index in [1.54, 1.807) is 0 Å². The Labute approximate surface area is 117 Å². The van der Waals surface area contributed by atoms with E-state index < -0.39 is 11.6 Å². The molecule has 0 bridgehead atoms. The molecule has 0 aliphatic carbocycles. The van der Waals surface area contributed by atoms with E-state index in [0.717, 1.165) is 11.8 Å². The highest BCUT2D eigenvalue weighted by molar-refractivity contribution is 5.57. The van der Waals surface area contributed by atoms with E-state index in [9.17, 15) is 8.78 Å². The fourth-order valence-electron chi connectivity index (χ4n) is 2.03. The Morgan fingerprint density at radius 3 is 2.60 bits per heavy atom. The van der Waals surface area contributed by atoms with Crippen LogP contribution in [0.5, 0.6) is 5.75 Å². The van der Waals surface area contributed by atoms with Crippen LogP contribution in [0.3, 0.4) is 0 Å². The van der Waals surface area contributed by atoms with Crippen molar-refractivity contribution in [3.8, 4) is 5.75 Å². The topological polar surface area (TPSA) is 21.3 Å². The Bertz CT molecular complexity index is 586. The molecule has 0 aliphatic rings. The van der Waals surface area contributed by atoms with Crippen LogP contribution >= 0.6 is 0 Å². The second kappa shape index (κ2) is 6.37. The highest BCUT2D eigenvalue weighted by Crippen LogP contribution is 2.29. The molecule has 0 saturated carbocycles. The maximum absolute atomic E-state index is 13.7. The first-order valence-electron chi connectivity index (χ1n) is 6.55. The van der Waals surface area contributed by atoms with Crippen LogP contribution in [0.4, 0.5) is 14.5 Å². The number of benzene rings is 2. The van der Waals surface area contributed by atoms with E-state index in [-0.39, 0.29) is 6.04 Å². The fraction of sp³-hybridized carbons (Fsp3) is 0.250. The van der Waals surface area contributed by atoms with Crippen molar-refractivity contribution in [2.45, 2.75) is 19.9 Å². The third-order valence-electron chi connectivity index (χ3n) is 2.99. The molecule has 0 spiro atoms. The molecular formula is C16H17F2NO. The summed E-state index contributed by atoms with van der Waals surface area (Å²) in [5, 5.41) is 3.18. The van der Waals surface area contributed by atoms with Crippen molar-refractivity contribution in [3.63, 3.8) is 0 Å². The van der Waals surface area contributed by atoms with E-state index in [4.69, 9.17) is 4.74 Å². The molecule has 0 aliphatic heterocycles. The van der Waals surface area contributed by atoms with Gasteiger partial charge in [0.2, 0.25) is 0 Å². The number of para-hydroxylation sites is 2. The summed E-state index contributed by atoms with van der Waals surface area (Å²) in [5.41, 5.74) is 1.20. The SMILES string of the molecule is CCOc1ccccc1NC(C)c1ccc(F)cc1F. The van der Waals surface area contributed by atoms with Crippen LogP contribution in [-0.4, -0.2) is 6.61 Å². The lowest BCUT2D eigenvalue weighted by Gasteiger charge is -2.19. The van der Waals surface area contributed by atoms with Gasteiger partial charge in [-0.05, 0) is 32.0 Å². The van der Waals surface area contributed by atoms with Crippen LogP contribution in [0.2, 0.25) is 0 Å². The minimum Gasteiger partial charge on any atom is -0.492 e. The smallest absolute Gasteiger partial charge is 0.142 e. The summed E-state index contributed by atoms with van der Waals surface area (Å²) in [6.07, 6.45) is 0. The third-order valence-corrected chi connectivity index (χ3v) is 2.99. The van der Waals surface area contributed by atoms with Crippen molar-refractivity contribution in [2.75, 3.05) is 11.9 Å². The lowest BCUT2D eigenvalue weighted by molar-refractivity contribution is 0.341. The average molecular weight is 277 g/mol.